The molecule has 1 rings (SSSR count). The number of hydrogen-bond donors (Lipinski definition) is 2. The summed E-state index contributed by atoms with van der Waals surface area (Å²) in [6.07, 6.45) is 4.13. The molecule has 0 amide bonds. The number of thiol groups is 1. The monoisotopic (exact) mass is 117 g/mol. The van der Waals surface area contributed by atoms with Crippen LogP contribution in [0.2, 0.25) is 0 Å². The highest BCUT2D eigenvalue weighted by Gasteiger charge is 2.14. The molecule has 0 saturated heterocycles. The van der Waals surface area contributed by atoms with Gasteiger partial charge in [-0.3, -0.25) is 0 Å². The third-order valence-corrected chi connectivity index (χ3v) is 1.67. The predicted octanol–water partition coefficient (Wildman–Crippen LogP) is 1.02. The Morgan fingerprint density at radius 3 is 2.43 bits per heavy atom. The van der Waals surface area contributed by atoms with Crippen LogP contribution in [0, 0.1) is 0 Å². The van der Waals surface area contributed by atoms with Crippen molar-refractivity contribution in [1.82, 2.24) is 5.32 Å². The van der Waals surface area contributed by atoms with Crippen molar-refractivity contribution < 1.29 is 0 Å². The van der Waals surface area contributed by atoms with Crippen molar-refractivity contribution in [2.45, 2.75) is 25.3 Å². The van der Waals surface area contributed by atoms with E-state index in [0.717, 1.165) is 11.9 Å². The molecule has 1 aliphatic rings. The van der Waals surface area contributed by atoms with Gasteiger partial charge in [-0.2, -0.15) is 12.6 Å². The van der Waals surface area contributed by atoms with E-state index in [4.69, 9.17) is 0 Å². The van der Waals surface area contributed by atoms with Gasteiger partial charge in [0.2, 0.25) is 0 Å². The van der Waals surface area contributed by atoms with Gasteiger partial charge >= 0.3 is 0 Å². The minimum atomic E-state index is 0.803. The number of hydrogen-bond acceptors (Lipinski definition) is 2. The Labute approximate surface area is 49.9 Å². The summed E-state index contributed by atoms with van der Waals surface area (Å²) in [7, 11) is 0. The summed E-state index contributed by atoms with van der Waals surface area (Å²) < 4.78 is 0. The molecule has 7 heavy (non-hydrogen) atoms. The highest BCUT2D eigenvalue weighted by atomic mass is 32.1. The topological polar surface area (TPSA) is 12.0 Å². The van der Waals surface area contributed by atoms with E-state index in [0.29, 0.717) is 0 Å². The molecule has 0 aromatic heterocycles. The first kappa shape index (κ1) is 5.45. The molecule has 0 aromatic rings. The lowest BCUT2D eigenvalue weighted by molar-refractivity contribution is 0.358. The van der Waals surface area contributed by atoms with Crippen LogP contribution in [0.15, 0.2) is 0 Å². The minimum absolute atomic E-state index is 0.803. The fourth-order valence-electron chi connectivity index (χ4n) is 0.741. The third-order valence-electron chi connectivity index (χ3n) is 1.49. The second kappa shape index (κ2) is 2.58. The van der Waals surface area contributed by atoms with Crippen LogP contribution in [-0.2, 0) is 0 Å². The highest BCUT2D eigenvalue weighted by molar-refractivity contribution is 7.80. The van der Waals surface area contributed by atoms with E-state index in [-0.39, 0.29) is 0 Å². The van der Waals surface area contributed by atoms with Gasteiger partial charge in [-0.15, -0.1) is 0 Å². The fourth-order valence-corrected chi connectivity index (χ4v) is 1.000. The molecule has 1 saturated carbocycles. The lowest BCUT2D eigenvalue weighted by Crippen LogP contribution is -2.33. The van der Waals surface area contributed by atoms with Crippen LogP contribution in [0.4, 0.5) is 0 Å². The van der Waals surface area contributed by atoms with Gasteiger partial charge in [-0.1, -0.05) is 6.42 Å². The average Bonchev–Trinajstić information content (AvgIpc) is 1.55. The molecule has 0 heterocycles. The first-order chi connectivity index (χ1) is 3.43. The molecule has 0 aromatic carbocycles. The Kier molecular flexibility index (Phi) is 2.00. The van der Waals surface area contributed by atoms with Crippen molar-refractivity contribution in [3.8, 4) is 0 Å². The molecular weight excluding hydrogens is 106 g/mol. The van der Waals surface area contributed by atoms with Gasteiger partial charge in [0.25, 0.3) is 0 Å². The molecule has 1 aliphatic carbocycles. The standard InChI is InChI=1S/C5H11NS/c7-4-6-5-2-1-3-5/h5-7H,1-4H2. The van der Waals surface area contributed by atoms with E-state index in [2.05, 4.69) is 17.9 Å². The van der Waals surface area contributed by atoms with E-state index < -0.39 is 0 Å². The average molecular weight is 117 g/mol. The molecule has 1 fully saturated rings. The lowest BCUT2D eigenvalue weighted by atomic mass is 9.94. The Bertz CT molecular complexity index is 52.0. The van der Waals surface area contributed by atoms with Crippen molar-refractivity contribution >= 4 is 12.6 Å². The third kappa shape index (κ3) is 1.35. The van der Waals surface area contributed by atoms with Crippen LogP contribution < -0.4 is 5.32 Å². The summed E-state index contributed by atoms with van der Waals surface area (Å²) >= 11 is 4.04. The zero-order chi connectivity index (χ0) is 5.11. The zero-order valence-electron chi connectivity index (χ0n) is 4.35. The van der Waals surface area contributed by atoms with Crippen molar-refractivity contribution in [2.75, 3.05) is 5.88 Å². The molecule has 0 atom stereocenters. The van der Waals surface area contributed by atoms with Crippen LogP contribution in [0.1, 0.15) is 19.3 Å². The molecule has 0 unspecified atom stereocenters. The maximum absolute atomic E-state index is 4.04. The molecule has 1 N–H and O–H groups in total. The van der Waals surface area contributed by atoms with E-state index in [1.165, 1.54) is 19.3 Å². The Balaban J connectivity index is 1.93. The summed E-state index contributed by atoms with van der Waals surface area (Å²) in [6.45, 7) is 0. The van der Waals surface area contributed by atoms with Gasteiger partial charge in [-0.05, 0) is 12.8 Å². The van der Waals surface area contributed by atoms with Crippen LogP contribution >= 0.6 is 12.6 Å². The van der Waals surface area contributed by atoms with E-state index in [1.54, 1.807) is 0 Å². The second-order valence-corrected chi connectivity index (χ2v) is 2.31. The normalized spacial score (nSPS) is 21.9. The van der Waals surface area contributed by atoms with Crippen LogP contribution in [0.3, 0.4) is 0 Å². The molecule has 2 heteroatoms. The minimum Gasteiger partial charge on any atom is -0.305 e. The summed E-state index contributed by atoms with van der Waals surface area (Å²) in [5, 5.41) is 3.25. The summed E-state index contributed by atoms with van der Waals surface area (Å²) in [6, 6.07) is 0.803. The Hall–Kier alpha value is 0.310. The van der Waals surface area contributed by atoms with Gasteiger partial charge in [0.1, 0.15) is 0 Å². The first-order valence-corrected chi connectivity index (χ1v) is 3.41. The van der Waals surface area contributed by atoms with Crippen LogP contribution in [0.25, 0.3) is 0 Å². The quantitative estimate of drug-likeness (QED) is 0.406. The van der Waals surface area contributed by atoms with Crippen LogP contribution in [0.5, 0.6) is 0 Å². The van der Waals surface area contributed by atoms with Crippen molar-refractivity contribution in [3.05, 3.63) is 0 Å². The Morgan fingerprint density at radius 2 is 2.29 bits per heavy atom. The summed E-state index contributed by atoms with van der Waals surface area (Å²) in [5.41, 5.74) is 0. The molecule has 42 valence electrons. The molecular formula is C5H11NS. The fraction of sp³-hybridized carbons (Fsp3) is 1.00. The molecule has 0 spiro atoms. The zero-order valence-corrected chi connectivity index (χ0v) is 5.25. The first-order valence-electron chi connectivity index (χ1n) is 2.77. The van der Waals surface area contributed by atoms with E-state index in [9.17, 15) is 0 Å². The maximum Gasteiger partial charge on any atom is 0.0389 e. The number of nitrogens with one attached hydrogen (secondary N) is 1. The lowest BCUT2D eigenvalue weighted by Gasteiger charge is -2.25. The van der Waals surface area contributed by atoms with E-state index >= 15 is 0 Å². The van der Waals surface area contributed by atoms with Gasteiger partial charge in [-0.25, -0.2) is 0 Å². The smallest absolute Gasteiger partial charge is 0.0389 e. The maximum atomic E-state index is 4.04. The Morgan fingerprint density at radius 1 is 1.57 bits per heavy atom. The van der Waals surface area contributed by atoms with Gasteiger partial charge < -0.3 is 5.32 Å². The number of rotatable bonds is 2. The van der Waals surface area contributed by atoms with E-state index in [1.807, 2.05) is 0 Å². The highest BCUT2D eigenvalue weighted by Crippen LogP contribution is 2.17. The predicted molar refractivity (Wildman–Crippen MR) is 34.6 cm³/mol. The SMILES string of the molecule is SCNC1CCC1. The molecule has 1 nitrogen and oxygen atoms in total. The summed E-state index contributed by atoms with van der Waals surface area (Å²) in [4.78, 5) is 0. The van der Waals surface area contributed by atoms with Gasteiger partial charge in [0.05, 0.1) is 0 Å². The van der Waals surface area contributed by atoms with Crippen molar-refractivity contribution in [1.29, 1.82) is 0 Å². The van der Waals surface area contributed by atoms with Crippen molar-refractivity contribution in [2.24, 2.45) is 0 Å². The summed E-state index contributed by atoms with van der Waals surface area (Å²) in [5.74, 6) is 0.838. The molecule has 0 bridgehead atoms. The molecule has 0 radical (unpaired) electrons. The largest absolute Gasteiger partial charge is 0.305 e. The second-order valence-electron chi connectivity index (χ2n) is 1.99. The van der Waals surface area contributed by atoms with Gasteiger partial charge in [0, 0.05) is 11.9 Å². The van der Waals surface area contributed by atoms with Crippen LogP contribution in [-0.4, -0.2) is 11.9 Å². The van der Waals surface area contributed by atoms with Crippen molar-refractivity contribution in [3.63, 3.8) is 0 Å². The van der Waals surface area contributed by atoms with Gasteiger partial charge in [0.15, 0.2) is 0 Å². The molecule has 0 aliphatic heterocycles.